The highest BCUT2D eigenvalue weighted by Crippen LogP contribution is 2.32. The van der Waals surface area contributed by atoms with E-state index in [9.17, 15) is 22.9 Å². The molecule has 28 heavy (non-hydrogen) atoms. The number of hydrogen-bond acceptors (Lipinski definition) is 6. The molecule has 0 saturated carbocycles. The molecular weight excluding hydrogens is 459 g/mol. The van der Waals surface area contributed by atoms with Crippen molar-refractivity contribution >= 4 is 31.6 Å². The zero-order valence-electron chi connectivity index (χ0n) is 14.5. The molecule has 2 aromatic rings. The SMILES string of the molecule is O=[N+]([O-])c1cc(S(=O)(=O)N2CCOCC2)ccc1OCc1ccc(Br)cc1F. The molecule has 3 rings (SSSR count). The molecule has 1 fully saturated rings. The first-order chi connectivity index (χ1) is 13.3. The Morgan fingerprint density at radius 3 is 2.57 bits per heavy atom. The molecule has 1 aliphatic heterocycles. The topological polar surface area (TPSA) is 99.0 Å². The van der Waals surface area contributed by atoms with Crippen molar-refractivity contribution in [3.05, 3.63) is 62.4 Å². The number of halogens is 2. The van der Waals surface area contributed by atoms with Crippen molar-refractivity contribution in [3.63, 3.8) is 0 Å². The number of hydrogen-bond donors (Lipinski definition) is 0. The third-order valence-corrected chi connectivity index (χ3v) is 6.52. The number of sulfonamides is 1. The maximum atomic E-state index is 13.9. The van der Waals surface area contributed by atoms with Gasteiger partial charge >= 0.3 is 5.69 Å². The summed E-state index contributed by atoms with van der Waals surface area (Å²) >= 11 is 3.14. The number of benzene rings is 2. The van der Waals surface area contributed by atoms with Crippen molar-refractivity contribution in [3.8, 4) is 5.75 Å². The molecule has 8 nitrogen and oxygen atoms in total. The summed E-state index contributed by atoms with van der Waals surface area (Å²) in [4.78, 5) is 10.5. The van der Waals surface area contributed by atoms with Crippen LogP contribution in [0.4, 0.5) is 10.1 Å². The van der Waals surface area contributed by atoms with E-state index >= 15 is 0 Å². The van der Waals surface area contributed by atoms with Gasteiger partial charge in [0.2, 0.25) is 10.0 Å². The predicted molar refractivity (Wildman–Crippen MR) is 101 cm³/mol. The Balaban J connectivity index is 1.86. The van der Waals surface area contributed by atoms with Crippen molar-refractivity contribution in [2.75, 3.05) is 26.3 Å². The van der Waals surface area contributed by atoms with Crippen LogP contribution in [-0.4, -0.2) is 43.9 Å². The molecule has 0 unspecified atom stereocenters. The lowest BCUT2D eigenvalue weighted by Crippen LogP contribution is -2.40. The molecule has 2 aromatic carbocycles. The van der Waals surface area contributed by atoms with E-state index in [0.29, 0.717) is 4.47 Å². The summed E-state index contributed by atoms with van der Waals surface area (Å²) in [5, 5.41) is 11.4. The average Bonchev–Trinajstić information content (AvgIpc) is 2.67. The van der Waals surface area contributed by atoms with Crippen LogP contribution in [-0.2, 0) is 21.4 Å². The van der Waals surface area contributed by atoms with Crippen LogP contribution in [0.1, 0.15) is 5.56 Å². The lowest BCUT2D eigenvalue weighted by Gasteiger charge is -2.26. The molecule has 0 aliphatic carbocycles. The van der Waals surface area contributed by atoms with E-state index in [1.165, 1.54) is 28.6 Å². The van der Waals surface area contributed by atoms with Crippen LogP contribution in [0, 0.1) is 15.9 Å². The zero-order chi connectivity index (χ0) is 20.3. The smallest absolute Gasteiger partial charge is 0.312 e. The summed E-state index contributed by atoms with van der Waals surface area (Å²) in [6, 6.07) is 7.77. The summed E-state index contributed by atoms with van der Waals surface area (Å²) in [5.74, 6) is -0.670. The van der Waals surface area contributed by atoms with Gasteiger partial charge in [-0.15, -0.1) is 0 Å². The molecule has 1 saturated heterocycles. The van der Waals surface area contributed by atoms with Crippen LogP contribution in [0.3, 0.4) is 0 Å². The number of nitro groups is 1. The molecule has 0 N–H and O–H groups in total. The molecule has 0 atom stereocenters. The molecule has 0 radical (unpaired) electrons. The summed E-state index contributed by atoms with van der Waals surface area (Å²) in [7, 11) is -3.89. The van der Waals surface area contributed by atoms with Gasteiger partial charge in [0.15, 0.2) is 5.75 Å². The summed E-state index contributed by atoms with van der Waals surface area (Å²) in [6.45, 7) is 0.645. The number of rotatable bonds is 6. The highest BCUT2D eigenvalue weighted by Gasteiger charge is 2.29. The fraction of sp³-hybridized carbons (Fsp3) is 0.294. The first kappa shape index (κ1) is 20.6. The van der Waals surface area contributed by atoms with E-state index in [2.05, 4.69) is 15.9 Å². The van der Waals surface area contributed by atoms with Gasteiger partial charge in [-0.3, -0.25) is 10.1 Å². The van der Waals surface area contributed by atoms with Crippen LogP contribution in [0.2, 0.25) is 0 Å². The minimum atomic E-state index is -3.89. The Bertz CT molecular complexity index is 995. The Morgan fingerprint density at radius 1 is 1.21 bits per heavy atom. The van der Waals surface area contributed by atoms with E-state index in [-0.39, 0.29) is 49.1 Å². The highest BCUT2D eigenvalue weighted by atomic mass is 79.9. The maximum Gasteiger partial charge on any atom is 0.312 e. The molecule has 0 aromatic heterocycles. The quantitative estimate of drug-likeness (QED) is 0.471. The fourth-order valence-corrected chi connectivity index (χ4v) is 4.41. The Morgan fingerprint density at radius 2 is 1.93 bits per heavy atom. The van der Waals surface area contributed by atoms with E-state index in [1.54, 1.807) is 6.07 Å². The fourth-order valence-electron chi connectivity index (χ4n) is 2.65. The van der Waals surface area contributed by atoms with Gasteiger partial charge < -0.3 is 9.47 Å². The van der Waals surface area contributed by atoms with E-state index in [4.69, 9.17) is 9.47 Å². The van der Waals surface area contributed by atoms with Crippen molar-refractivity contribution in [1.29, 1.82) is 0 Å². The minimum Gasteiger partial charge on any atom is -0.482 e. The monoisotopic (exact) mass is 474 g/mol. The summed E-state index contributed by atoms with van der Waals surface area (Å²) in [5.41, 5.74) is -0.297. The molecule has 150 valence electrons. The third kappa shape index (κ3) is 4.49. The molecule has 0 amide bonds. The van der Waals surface area contributed by atoms with Gasteiger partial charge in [-0.2, -0.15) is 4.31 Å². The molecule has 11 heteroatoms. The first-order valence-corrected chi connectivity index (χ1v) is 10.5. The van der Waals surface area contributed by atoms with Gasteiger partial charge in [0.25, 0.3) is 0 Å². The van der Waals surface area contributed by atoms with E-state index < -0.39 is 26.5 Å². The molecular formula is C17H16BrFN2O6S. The van der Waals surface area contributed by atoms with Crippen LogP contribution in [0.15, 0.2) is 45.8 Å². The van der Waals surface area contributed by atoms with Gasteiger partial charge in [0.1, 0.15) is 12.4 Å². The Kier molecular flexibility index (Phi) is 6.28. The van der Waals surface area contributed by atoms with Crippen LogP contribution < -0.4 is 4.74 Å². The van der Waals surface area contributed by atoms with Crippen molar-refractivity contribution in [2.45, 2.75) is 11.5 Å². The largest absolute Gasteiger partial charge is 0.482 e. The van der Waals surface area contributed by atoms with Crippen LogP contribution in [0.5, 0.6) is 5.75 Å². The average molecular weight is 475 g/mol. The van der Waals surface area contributed by atoms with Crippen molar-refractivity contribution in [1.82, 2.24) is 4.31 Å². The van der Waals surface area contributed by atoms with E-state index in [0.717, 1.165) is 6.07 Å². The minimum absolute atomic E-state index is 0.145. The van der Waals surface area contributed by atoms with Crippen LogP contribution >= 0.6 is 15.9 Å². The second kappa shape index (κ2) is 8.52. The van der Waals surface area contributed by atoms with Crippen molar-refractivity contribution < 1.29 is 27.2 Å². The highest BCUT2D eigenvalue weighted by molar-refractivity contribution is 9.10. The van der Waals surface area contributed by atoms with E-state index in [1.807, 2.05) is 0 Å². The van der Waals surface area contributed by atoms with Gasteiger partial charge in [0.05, 0.1) is 23.0 Å². The zero-order valence-corrected chi connectivity index (χ0v) is 16.9. The Labute approximate surface area is 169 Å². The lowest BCUT2D eigenvalue weighted by atomic mass is 10.2. The molecule has 0 bridgehead atoms. The Hall–Kier alpha value is -2.08. The standard InChI is InChI=1S/C17H16BrFN2O6S/c18-13-2-1-12(15(19)9-13)11-27-17-4-3-14(10-16(17)21(22)23)28(24,25)20-5-7-26-8-6-20/h1-4,9-10H,5-8,11H2. The van der Waals surface area contributed by atoms with Gasteiger partial charge in [-0.05, 0) is 24.3 Å². The van der Waals surface area contributed by atoms with Crippen LogP contribution in [0.25, 0.3) is 0 Å². The summed E-state index contributed by atoms with van der Waals surface area (Å²) < 4.78 is 51.6. The number of nitrogens with zero attached hydrogens (tertiary/aromatic N) is 2. The second-order valence-electron chi connectivity index (χ2n) is 5.93. The number of ether oxygens (including phenoxy) is 2. The van der Waals surface area contributed by atoms with Gasteiger partial charge in [-0.25, -0.2) is 12.8 Å². The van der Waals surface area contributed by atoms with Gasteiger partial charge in [-0.1, -0.05) is 22.0 Å². The predicted octanol–water partition coefficient (Wildman–Crippen LogP) is 3.10. The van der Waals surface area contributed by atoms with Gasteiger partial charge in [0, 0.05) is 29.2 Å². The second-order valence-corrected chi connectivity index (χ2v) is 8.78. The maximum absolute atomic E-state index is 13.9. The normalized spacial score (nSPS) is 15.4. The molecule has 0 spiro atoms. The third-order valence-electron chi connectivity index (χ3n) is 4.13. The molecule has 1 heterocycles. The molecule has 1 aliphatic rings. The summed E-state index contributed by atoms with van der Waals surface area (Å²) in [6.07, 6.45) is 0. The number of nitro benzene ring substituents is 1. The van der Waals surface area contributed by atoms with Crippen molar-refractivity contribution in [2.24, 2.45) is 0 Å². The lowest BCUT2D eigenvalue weighted by molar-refractivity contribution is -0.386. The number of morpholine rings is 1. The first-order valence-electron chi connectivity index (χ1n) is 8.22.